The van der Waals surface area contributed by atoms with E-state index >= 15 is 0 Å². The van der Waals surface area contributed by atoms with Gasteiger partial charge >= 0.3 is 0 Å². The number of para-hydroxylation sites is 2. The van der Waals surface area contributed by atoms with Crippen LogP contribution in [0.3, 0.4) is 0 Å². The number of rotatable bonds is 6. The summed E-state index contributed by atoms with van der Waals surface area (Å²) in [6.07, 6.45) is 2.01. The minimum Gasteiger partial charge on any atom is -0.492 e. The van der Waals surface area contributed by atoms with Gasteiger partial charge in [-0.2, -0.15) is 4.68 Å². The monoisotopic (exact) mass is 381 g/mol. The summed E-state index contributed by atoms with van der Waals surface area (Å²) in [6, 6.07) is 9.75. The molecule has 138 valence electrons. The third-order valence-electron chi connectivity index (χ3n) is 3.99. The average Bonchev–Trinajstić information content (AvgIpc) is 3.27. The highest BCUT2D eigenvalue weighted by Crippen LogP contribution is 2.27. The van der Waals surface area contributed by atoms with Gasteiger partial charge in [0.25, 0.3) is 0 Å². The lowest BCUT2D eigenvalue weighted by molar-refractivity contribution is 0.337. The zero-order valence-electron chi connectivity index (χ0n) is 15.3. The van der Waals surface area contributed by atoms with Crippen molar-refractivity contribution in [2.45, 2.75) is 31.7 Å². The van der Waals surface area contributed by atoms with Crippen LogP contribution in [0.25, 0.3) is 11.5 Å². The van der Waals surface area contributed by atoms with Crippen molar-refractivity contribution in [3.8, 4) is 11.4 Å². The van der Waals surface area contributed by atoms with Crippen LogP contribution in [-0.2, 0) is 5.75 Å². The third kappa shape index (κ3) is 3.50. The molecule has 0 amide bonds. The second-order valence-electron chi connectivity index (χ2n) is 6.00. The van der Waals surface area contributed by atoms with E-state index < -0.39 is 0 Å². The van der Waals surface area contributed by atoms with Gasteiger partial charge in [0.1, 0.15) is 11.4 Å². The largest absolute Gasteiger partial charge is 0.492 e. The molecule has 4 aromatic rings. The Morgan fingerprint density at radius 1 is 1.15 bits per heavy atom. The van der Waals surface area contributed by atoms with Crippen molar-refractivity contribution in [2.24, 2.45) is 0 Å². The van der Waals surface area contributed by atoms with Crippen molar-refractivity contribution in [1.29, 1.82) is 0 Å². The molecule has 9 heteroatoms. The molecule has 1 aromatic carbocycles. The highest BCUT2D eigenvalue weighted by Gasteiger charge is 2.14. The van der Waals surface area contributed by atoms with Crippen LogP contribution < -0.4 is 4.74 Å². The van der Waals surface area contributed by atoms with E-state index in [2.05, 4.69) is 25.5 Å². The fourth-order valence-electron chi connectivity index (χ4n) is 2.86. The molecule has 0 fully saturated rings. The van der Waals surface area contributed by atoms with Gasteiger partial charge in [-0.15, -0.1) is 5.10 Å². The first kappa shape index (κ1) is 17.5. The van der Waals surface area contributed by atoms with Crippen LogP contribution in [0.2, 0.25) is 0 Å². The molecule has 3 aromatic heterocycles. The smallest absolute Gasteiger partial charge is 0.234 e. The van der Waals surface area contributed by atoms with E-state index in [9.17, 15) is 0 Å². The van der Waals surface area contributed by atoms with Crippen molar-refractivity contribution in [3.63, 3.8) is 0 Å². The SMILES string of the molecule is CCOc1ccccc1-n1nnnc1SCc1cn2c(C)cc(C)nc2n1. The summed E-state index contributed by atoms with van der Waals surface area (Å²) in [5, 5.41) is 12.8. The molecule has 0 atom stereocenters. The van der Waals surface area contributed by atoms with Crippen molar-refractivity contribution in [1.82, 2.24) is 34.6 Å². The second-order valence-corrected chi connectivity index (χ2v) is 6.95. The Hall–Kier alpha value is -2.94. The van der Waals surface area contributed by atoms with E-state index in [0.717, 1.165) is 28.5 Å². The summed E-state index contributed by atoms with van der Waals surface area (Å²) in [4.78, 5) is 9.09. The summed E-state index contributed by atoms with van der Waals surface area (Å²) < 4.78 is 9.38. The van der Waals surface area contributed by atoms with Crippen LogP contribution in [0, 0.1) is 13.8 Å². The topological polar surface area (TPSA) is 83.0 Å². The van der Waals surface area contributed by atoms with Crippen LogP contribution >= 0.6 is 11.8 Å². The number of benzene rings is 1. The zero-order valence-corrected chi connectivity index (χ0v) is 16.1. The number of thioether (sulfide) groups is 1. The second kappa shape index (κ2) is 7.36. The molecule has 0 N–H and O–H groups in total. The number of nitrogens with zero attached hydrogens (tertiary/aromatic N) is 7. The van der Waals surface area contributed by atoms with Crippen LogP contribution in [0.4, 0.5) is 0 Å². The summed E-state index contributed by atoms with van der Waals surface area (Å²) in [5.41, 5.74) is 3.81. The Morgan fingerprint density at radius 3 is 2.85 bits per heavy atom. The maximum atomic E-state index is 5.69. The van der Waals surface area contributed by atoms with Crippen molar-refractivity contribution < 1.29 is 4.74 Å². The predicted molar refractivity (Wildman–Crippen MR) is 102 cm³/mol. The molecule has 0 aliphatic carbocycles. The van der Waals surface area contributed by atoms with E-state index in [1.165, 1.54) is 11.8 Å². The molecule has 0 saturated carbocycles. The highest BCUT2D eigenvalue weighted by molar-refractivity contribution is 7.98. The Labute approximate surface area is 160 Å². The fraction of sp³-hybridized carbons (Fsp3) is 0.278. The number of fused-ring (bicyclic) bond motifs is 1. The van der Waals surface area contributed by atoms with E-state index in [1.807, 2.05) is 61.7 Å². The van der Waals surface area contributed by atoms with Gasteiger partial charge < -0.3 is 4.74 Å². The average molecular weight is 381 g/mol. The van der Waals surface area contributed by atoms with Crippen LogP contribution in [0.15, 0.2) is 41.7 Å². The number of hydrogen-bond acceptors (Lipinski definition) is 7. The first-order valence-corrected chi connectivity index (χ1v) is 9.60. The minimum atomic E-state index is 0.578. The van der Waals surface area contributed by atoms with Crippen molar-refractivity contribution in [2.75, 3.05) is 6.61 Å². The van der Waals surface area contributed by atoms with Gasteiger partial charge in [-0.05, 0) is 49.4 Å². The molecule has 0 saturated heterocycles. The maximum absolute atomic E-state index is 5.69. The molecular weight excluding hydrogens is 362 g/mol. The Balaban J connectivity index is 1.59. The van der Waals surface area contributed by atoms with E-state index in [-0.39, 0.29) is 0 Å². The molecule has 3 heterocycles. The molecule has 8 nitrogen and oxygen atoms in total. The Kier molecular flexibility index (Phi) is 4.76. The number of hydrogen-bond donors (Lipinski definition) is 0. The number of ether oxygens (including phenoxy) is 1. The molecule has 27 heavy (non-hydrogen) atoms. The third-order valence-corrected chi connectivity index (χ3v) is 4.95. The summed E-state index contributed by atoms with van der Waals surface area (Å²) in [5.74, 6) is 2.10. The summed E-state index contributed by atoms with van der Waals surface area (Å²) in [6.45, 7) is 6.55. The standard InChI is InChI=1S/C18H19N7OS/c1-4-26-16-8-6-5-7-15(16)25-18(21-22-23-25)27-11-14-10-24-13(3)9-12(2)19-17(24)20-14/h5-10H,4,11H2,1-3H3. The van der Waals surface area contributed by atoms with Gasteiger partial charge in [0, 0.05) is 23.3 Å². The van der Waals surface area contributed by atoms with Crippen LogP contribution in [0.5, 0.6) is 5.75 Å². The molecular formula is C18H19N7OS. The van der Waals surface area contributed by atoms with Gasteiger partial charge in [-0.1, -0.05) is 23.9 Å². The number of tetrazole rings is 1. The van der Waals surface area contributed by atoms with Gasteiger partial charge in [-0.3, -0.25) is 4.40 Å². The maximum Gasteiger partial charge on any atom is 0.234 e. The van der Waals surface area contributed by atoms with Gasteiger partial charge in [0.2, 0.25) is 10.9 Å². The quantitative estimate of drug-likeness (QED) is 0.475. The first-order valence-electron chi connectivity index (χ1n) is 8.61. The van der Waals surface area contributed by atoms with Crippen LogP contribution in [0.1, 0.15) is 24.0 Å². The Bertz CT molecular complexity index is 1090. The lowest BCUT2D eigenvalue weighted by Crippen LogP contribution is -2.03. The number of aromatic nitrogens is 7. The molecule has 0 spiro atoms. The molecule has 0 aliphatic rings. The van der Waals surface area contributed by atoms with Gasteiger partial charge in [0.15, 0.2) is 0 Å². The van der Waals surface area contributed by atoms with E-state index in [0.29, 0.717) is 23.3 Å². The van der Waals surface area contributed by atoms with Gasteiger partial charge in [0.05, 0.1) is 12.3 Å². The lowest BCUT2D eigenvalue weighted by Gasteiger charge is -2.10. The van der Waals surface area contributed by atoms with Crippen molar-refractivity contribution >= 4 is 17.5 Å². The van der Waals surface area contributed by atoms with Gasteiger partial charge in [-0.25, -0.2) is 9.97 Å². The molecule has 0 unspecified atom stereocenters. The summed E-state index contributed by atoms with van der Waals surface area (Å²) in [7, 11) is 0. The fourth-order valence-corrected chi connectivity index (χ4v) is 3.62. The van der Waals surface area contributed by atoms with Crippen molar-refractivity contribution in [3.05, 3.63) is 53.6 Å². The molecule has 0 bridgehead atoms. The normalized spacial score (nSPS) is 11.2. The highest BCUT2D eigenvalue weighted by atomic mass is 32.2. The predicted octanol–water partition coefficient (Wildman–Crippen LogP) is 3.01. The molecule has 0 aliphatic heterocycles. The number of imidazole rings is 1. The summed E-state index contributed by atoms with van der Waals surface area (Å²) >= 11 is 1.52. The van der Waals surface area contributed by atoms with Crippen LogP contribution in [-0.4, -0.2) is 41.2 Å². The minimum absolute atomic E-state index is 0.578. The number of aryl methyl sites for hydroxylation is 2. The van der Waals surface area contributed by atoms with E-state index in [1.54, 1.807) is 4.68 Å². The first-order chi connectivity index (χ1) is 13.2. The lowest BCUT2D eigenvalue weighted by atomic mass is 10.3. The van der Waals surface area contributed by atoms with E-state index in [4.69, 9.17) is 4.74 Å². The zero-order chi connectivity index (χ0) is 18.8. The Morgan fingerprint density at radius 2 is 2.00 bits per heavy atom. The molecule has 4 rings (SSSR count). The molecule has 0 radical (unpaired) electrons.